The Morgan fingerprint density at radius 1 is 0.500 bits per heavy atom. The van der Waals surface area contributed by atoms with Crippen LogP contribution in [0.25, 0.3) is 44.1 Å². The Kier molecular flexibility index (Phi) is 3.85. The molecule has 0 radical (unpaired) electrons. The zero-order chi connectivity index (χ0) is 20.8. The van der Waals surface area contributed by atoms with Crippen molar-refractivity contribution in [1.29, 1.82) is 0 Å². The number of nitrogens with one attached hydrogen (secondary N) is 2. The monoisotopic (exact) mass is 400 g/mol. The molecule has 2 N–H and O–H groups in total. The maximum atomic E-state index is 12.5. The molecule has 0 aliphatic rings. The Bertz CT molecular complexity index is 1560. The molecule has 5 rings (SSSR count). The van der Waals surface area contributed by atoms with Crippen LogP contribution in [0.15, 0.2) is 88.7 Å². The third-order valence-corrected chi connectivity index (χ3v) is 4.89. The molecular weight excluding hydrogens is 388 g/mol. The maximum Gasteiger partial charge on any atom is 0.419 e. The van der Waals surface area contributed by atoms with Gasteiger partial charge in [-0.25, -0.2) is 19.2 Å². The first-order valence-electron chi connectivity index (χ1n) is 8.95. The van der Waals surface area contributed by atoms with Crippen LogP contribution >= 0.6 is 0 Å². The molecule has 3 aromatic carbocycles. The number of benzene rings is 3. The van der Waals surface area contributed by atoms with Crippen LogP contribution in [0.3, 0.4) is 0 Å². The van der Waals surface area contributed by atoms with Crippen molar-refractivity contribution in [2.24, 2.45) is 0 Å². The first kappa shape index (κ1) is 17.6. The quantitative estimate of drug-likeness (QED) is 0.469. The predicted molar refractivity (Wildman–Crippen MR) is 111 cm³/mol. The lowest BCUT2D eigenvalue weighted by Crippen LogP contribution is -2.15. The van der Waals surface area contributed by atoms with Crippen LogP contribution < -0.4 is 22.8 Å². The fraction of sp³-hybridized carbons (Fsp3) is 0. The summed E-state index contributed by atoms with van der Waals surface area (Å²) in [5.74, 6) is -1.68. The summed E-state index contributed by atoms with van der Waals surface area (Å²) in [4.78, 5) is 53.1. The van der Waals surface area contributed by atoms with E-state index in [1.165, 1.54) is 0 Å². The molecular formula is C22H12N2O6. The summed E-state index contributed by atoms with van der Waals surface area (Å²) < 4.78 is 9.46. The molecule has 8 nitrogen and oxygen atoms in total. The van der Waals surface area contributed by atoms with Crippen LogP contribution in [0.4, 0.5) is 0 Å². The molecule has 0 bridgehead atoms. The smallest absolute Gasteiger partial charge is 0.372 e. The van der Waals surface area contributed by atoms with Crippen molar-refractivity contribution in [3.8, 4) is 22.3 Å². The molecule has 0 aliphatic heterocycles. The van der Waals surface area contributed by atoms with E-state index in [4.69, 9.17) is 8.83 Å². The second-order valence-electron chi connectivity index (χ2n) is 6.61. The summed E-state index contributed by atoms with van der Waals surface area (Å²) in [5.41, 5.74) is 1.48. The molecule has 30 heavy (non-hydrogen) atoms. The summed E-state index contributed by atoms with van der Waals surface area (Å²) in [6.07, 6.45) is 0. The molecule has 0 saturated carbocycles. The molecule has 0 amide bonds. The summed E-state index contributed by atoms with van der Waals surface area (Å²) in [5, 5.41) is 0.426. The molecule has 2 heterocycles. The zero-order valence-electron chi connectivity index (χ0n) is 15.2. The third-order valence-electron chi connectivity index (χ3n) is 4.89. The first-order chi connectivity index (χ1) is 14.5. The largest absolute Gasteiger partial charge is 0.419 e. The Morgan fingerprint density at radius 2 is 0.900 bits per heavy atom. The van der Waals surface area contributed by atoms with Gasteiger partial charge in [0.15, 0.2) is 0 Å². The van der Waals surface area contributed by atoms with E-state index in [9.17, 15) is 19.2 Å². The van der Waals surface area contributed by atoms with Crippen LogP contribution in [0, 0.1) is 0 Å². The molecule has 0 fully saturated rings. The van der Waals surface area contributed by atoms with E-state index in [0.29, 0.717) is 33.3 Å². The summed E-state index contributed by atoms with van der Waals surface area (Å²) in [6, 6.07) is 17.3. The molecule has 5 aromatic rings. The average molecular weight is 400 g/mol. The Labute approximate surface area is 166 Å². The van der Waals surface area contributed by atoms with Crippen molar-refractivity contribution >= 4 is 21.8 Å². The van der Waals surface area contributed by atoms with Crippen molar-refractivity contribution in [3.63, 3.8) is 0 Å². The topological polar surface area (TPSA) is 126 Å². The molecule has 0 aliphatic carbocycles. The second-order valence-corrected chi connectivity index (χ2v) is 6.61. The normalized spacial score (nSPS) is 11.2. The molecule has 0 spiro atoms. The predicted octanol–water partition coefficient (Wildman–Crippen LogP) is 2.61. The van der Waals surface area contributed by atoms with Gasteiger partial charge < -0.3 is 8.83 Å². The number of aromatic nitrogens is 2. The number of rotatable bonds is 2. The van der Waals surface area contributed by atoms with E-state index in [1.54, 1.807) is 60.7 Å². The van der Waals surface area contributed by atoms with Crippen molar-refractivity contribution in [1.82, 2.24) is 9.97 Å². The van der Waals surface area contributed by atoms with Gasteiger partial charge in [-0.05, 0) is 34.4 Å². The van der Waals surface area contributed by atoms with E-state index in [1.807, 2.05) is 0 Å². The Hall–Kier alpha value is -4.46. The molecule has 146 valence electrons. The lowest BCUT2D eigenvalue weighted by atomic mass is 9.91. The van der Waals surface area contributed by atoms with Crippen molar-refractivity contribution in [2.75, 3.05) is 0 Å². The van der Waals surface area contributed by atoms with Gasteiger partial charge in [0.1, 0.15) is 0 Å². The lowest BCUT2D eigenvalue weighted by Gasteiger charge is -2.13. The number of hydrogen-bond donors (Lipinski definition) is 2. The van der Waals surface area contributed by atoms with Gasteiger partial charge in [0.2, 0.25) is 0 Å². The highest BCUT2D eigenvalue weighted by Crippen LogP contribution is 2.36. The summed E-state index contributed by atoms with van der Waals surface area (Å²) in [7, 11) is 0. The fourth-order valence-electron chi connectivity index (χ4n) is 3.70. The summed E-state index contributed by atoms with van der Waals surface area (Å²) in [6.45, 7) is 0. The van der Waals surface area contributed by atoms with Crippen LogP contribution in [0.5, 0.6) is 0 Å². The average Bonchev–Trinajstić information content (AvgIpc) is 2.72. The molecule has 0 unspecified atom stereocenters. The number of fused-ring (bicyclic) bond motifs is 2. The SMILES string of the molecule is O=c1[nH]c2cccc(-c3ccccc3-c3cccc4[nH]c(=O)oc(=O)c34)c2c(=O)o1. The molecule has 2 aromatic heterocycles. The minimum Gasteiger partial charge on any atom is -0.372 e. The standard InChI is InChI=1S/C22H12N2O6/c25-19-17-13(7-3-9-15(17)23-21(27)29-19)11-5-1-2-6-12(11)14-8-4-10-16-18(14)20(26)30-22(28)24-16/h1-10H,(H,23,27)(H,24,28). The van der Waals surface area contributed by atoms with Gasteiger partial charge in [0.25, 0.3) is 0 Å². The van der Waals surface area contributed by atoms with Gasteiger partial charge in [-0.1, -0.05) is 48.5 Å². The van der Waals surface area contributed by atoms with E-state index < -0.39 is 22.8 Å². The third kappa shape index (κ3) is 2.70. The van der Waals surface area contributed by atoms with Crippen LogP contribution in [0.2, 0.25) is 0 Å². The minimum absolute atomic E-state index is 0.213. The van der Waals surface area contributed by atoms with Crippen LogP contribution in [-0.4, -0.2) is 9.97 Å². The zero-order valence-corrected chi connectivity index (χ0v) is 15.2. The molecule has 8 heteroatoms. The maximum absolute atomic E-state index is 12.5. The van der Waals surface area contributed by atoms with Crippen LogP contribution in [0.1, 0.15) is 0 Å². The number of H-pyrrole nitrogens is 2. The van der Waals surface area contributed by atoms with Crippen molar-refractivity contribution in [3.05, 3.63) is 103 Å². The van der Waals surface area contributed by atoms with Gasteiger partial charge in [-0.3, -0.25) is 9.97 Å². The van der Waals surface area contributed by atoms with Crippen LogP contribution in [-0.2, 0) is 0 Å². The highest BCUT2D eigenvalue weighted by Gasteiger charge is 2.17. The van der Waals surface area contributed by atoms with Gasteiger partial charge in [0.05, 0.1) is 21.8 Å². The lowest BCUT2D eigenvalue weighted by molar-refractivity contribution is 0.460. The highest BCUT2D eigenvalue weighted by molar-refractivity contribution is 6.02. The van der Waals surface area contributed by atoms with Gasteiger partial charge in [-0.15, -0.1) is 0 Å². The van der Waals surface area contributed by atoms with Gasteiger partial charge in [0, 0.05) is 0 Å². The highest BCUT2D eigenvalue weighted by atomic mass is 16.4. The number of aromatic amines is 2. The van der Waals surface area contributed by atoms with Crippen molar-refractivity contribution < 1.29 is 8.83 Å². The fourth-order valence-corrected chi connectivity index (χ4v) is 3.70. The summed E-state index contributed by atoms with van der Waals surface area (Å²) >= 11 is 0. The van der Waals surface area contributed by atoms with Gasteiger partial charge in [-0.2, -0.15) is 0 Å². The van der Waals surface area contributed by atoms with E-state index in [0.717, 1.165) is 0 Å². The van der Waals surface area contributed by atoms with Crippen molar-refractivity contribution in [2.45, 2.75) is 0 Å². The molecule has 0 saturated heterocycles. The number of hydrogen-bond acceptors (Lipinski definition) is 6. The van der Waals surface area contributed by atoms with E-state index in [-0.39, 0.29) is 10.8 Å². The Morgan fingerprint density at radius 3 is 1.33 bits per heavy atom. The first-order valence-corrected chi connectivity index (χ1v) is 8.95. The molecule has 0 atom stereocenters. The van der Waals surface area contributed by atoms with Gasteiger partial charge >= 0.3 is 22.8 Å². The van der Waals surface area contributed by atoms with E-state index in [2.05, 4.69) is 9.97 Å². The minimum atomic E-state index is -0.839. The second kappa shape index (κ2) is 6.56. The Balaban J connectivity index is 1.90. The van der Waals surface area contributed by atoms with E-state index >= 15 is 0 Å².